The summed E-state index contributed by atoms with van der Waals surface area (Å²) in [6.07, 6.45) is 1.02. The van der Waals surface area contributed by atoms with Crippen LogP contribution in [0.25, 0.3) is 0 Å². The van der Waals surface area contributed by atoms with Crippen molar-refractivity contribution in [2.75, 3.05) is 24.9 Å². The SMILES string of the molecule is CCc1ccc(NC(=S)Nc2cc(OC)c(OC)cc2C)cc1. The van der Waals surface area contributed by atoms with E-state index in [2.05, 4.69) is 29.7 Å². The average Bonchev–Trinajstić information content (AvgIpc) is 2.56. The number of ether oxygens (including phenoxy) is 2. The fourth-order valence-electron chi connectivity index (χ4n) is 2.22. The van der Waals surface area contributed by atoms with Crippen LogP contribution in [0.15, 0.2) is 36.4 Å². The third-order valence-electron chi connectivity index (χ3n) is 3.60. The second-order valence-electron chi connectivity index (χ2n) is 5.15. The molecule has 0 fully saturated rings. The second kappa shape index (κ2) is 7.83. The first-order valence-electron chi connectivity index (χ1n) is 7.47. The zero-order valence-corrected chi connectivity index (χ0v) is 14.7. The first kappa shape index (κ1) is 17.1. The van der Waals surface area contributed by atoms with E-state index in [4.69, 9.17) is 21.7 Å². The third kappa shape index (κ3) is 4.36. The van der Waals surface area contributed by atoms with Gasteiger partial charge in [-0.3, -0.25) is 0 Å². The summed E-state index contributed by atoms with van der Waals surface area (Å²) >= 11 is 5.39. The zero-order chi connectivity index (χ0) is 16.8. The number of aryl methyl sites for hydroxylation is 2. The minimum Gasteiger partial charge on any atom is -0.493 e. The van der Waals surface area contributed by atoms with Gasteiger partial charge in [-0.05, 0) is 54.9 Å². The number of thiocarbonyl (C=S) groups is 1. The molecule has 0 heterocycles. The molecule has 0 radical (unpaired) electrons. The van der Waals surface area contributed by atoms with Gasteiger partial charge in [0.1, 0.15) is 0 Å². The van der Waals surface area contributed by atoms with Crippen LogP contribution in [0.5, 0.6) is 11.5 Å². The molecule has 4 nitrogen and oxygen atoms in total. The molecular weight excluding hydrogens is 308 g/mol. The van der Waals surface area contributed by atoms with E-state index in [-0.39, 0.29) is 0 Å². The summed E-state index contributed by atoms with van der Waals surface area (Å²) in [7, 11) is 3.24. The first-order chi connectivity index (χ1) is 11.1. The standard InChI is InChI=1S/C18H22N2O2S/c1-5-13-6-8-14(9-7-13)19-18(23)20-15-11-17(22-4)16(21-3)10-12(15)2/h6-11H,5H2,1-4H3,(H2,19,20,23). The van der Waals surface area contributed by atoms with E-state index in [1.807, 2.05) is 31.2 Å². The summed E-state index contributed by atoms with van der Waals surface area (Å²) in [5.41, 5.74) is 4.15. The number of rotatable bonds is 5. The van der Waals surface area contributed by atoms with Gasteiger partial charge < -0.3 is 20.1 Å². The minimum absolute atomic E-state index is 0.532. The molecule has 0 aliphatic heterocycles. The first-order valence-corrected chi connectivity index (χ1v) is 7.87. The lowest BCUT2D eigenvalue weighted by atomic mass is 10.1. The summed E-state index contributed by atoms with van der Waals surface area (Å²) in [4.78, 5) is 0. The van der Waals surface area contributed by atoms with E-state index in [0.29, 0.717) is 16.6 Å². The van der Waals surface area contributed by atoms with Gasteiger partial charge in [-0.25, -0.2) is 0 Å². The molecule has 0 amide bonds. The molecule has 0 bridgehead atoms. The fraction of sp³-hybridized carbons (Fsp3) is 0.278. The van der Waals surface area contributed by atoms with E-state index in [0.717, 1.165) is 23.4 Å². The average molecular weight is 330 g/mol. The maximum absolute atomic E-state index is 5.39. The number of anilines is 2. The minimum atomic E-state index is 0.532. The van der Waals surface area contributed by atoms with Crippen molar-refractivity contribution < 1.29 is 9.47 Å². The summed E-state index contributed by atoms with van der Waals surface area (Å²) in [6, 6.07) is 12.0. The third-order valence-corrected chi connectivity index (χ3v) is 3.80. The molecule has 0 saturated heterocycles. The molecule has 0 aliphatic rings. The molecule has 5 heteroatoms. The van der Waals surface area contributed by atoms with E-state index < -0.39 is 0 Å². The van der Waals surface area contributed by atoms with Gasteiger partial charge in [-0.1, -0.05) is 19.1 Å². The van der Waals surface area contributed by atoms with Crippen LogP contribution in [-0.4, -0.2) is 19.3 Å². The Labute approximate surface area is 142 Å². The van der Waals surface area contributed by atoms with Gasteiger partial charge in [0.15, 0.2) is 16.6 Å². The lowest BCUT2D eigenvalue weighted by Crippen LogP contribution is -2.19. The summed E-state index contributed by atoms with van der Waals surface area (Å²) < 4.78 is 10.6. The molecule has 2 N–H and O–H groups in total. The van der Waals surface area contributed by atoms with Crippen LogP contribution in [0.3, 0.4) is 0 Å². The van der Waals surface area contributed by atoms with Crippen molar-refractivity contribution in [3.05, 3.63) is 47.5 Å². The Balaban J connectivity index is 2.10. The van der Waals surface area contributed by atoms with Crippen LogP contribution in [0, 0.1) is 6.92 Å². The summed E-state index contributed by atoms with van der Waals surface area (Å²) in [5, 5.41) is 6.91. The molecular formula is C18H22N2O2S. The molecule has 2 rings (SSSR count). The number of hydrogen-bond donors (Lipinski definition) is 2. The van der Waals surface area contributed by atoms with Crippen molar-refractivity contribution in [1.29, 1.82) is 0 Å². The number of nitrogens with one attached hydrogen (secondary N) is 2. The normalized spacial score (nSPS) is 10.1. The Morgan fingerprint density at radius 1 is 1.00 bits per heavy atom. The van der Waals surface area contributed by atoms with E-state index >= 15 is 0 Å². The molecule has 0 spiro atoms. The molecule has 0 unspecified atom stereocenters. The van der Waals surface area contributed by atoms with Crippen LogP contribution < -0.4 is 20.1 Å². The molecule has 2 aromatic carbocycles. The molecule has 0 saturated carbocycles. The molecule has 0 aliphatic carbocycles. The topological polar surface area (TPSA) is 42.5 Å². The highest BCUT2D eigenvalue weighted by atomic mass is 32.1. The molecule has 2 aromatic rings. The maximum atomic E-state index is 5.39. The van der Waals surface area contributed by atoms with Crippen molar-refractivity contribution in [2.24, 2.45) is 0 Å². The van der Waals surface area contributed by atoms with Crippen LogP contribution in [0.2, 0.25) is 0 Å². The monoisotopic (exact) mass is 330 g/mol. The van der Waals surface area contributed by atoms with Crippen molar-refractivity contribution in [1.82, 2.24) is 0 Å². The van der Waals surface area contributed by atoms with Crippen LogP contribution >= 0.6 is 12.2 Å². The van der Waals surface area contributed by atoms with Gasteiger partial charge in [0.25, 0.3) is 0 Å². The highest BCUT2D eigenvalue weighted by Crippen LogP contribution is 2.32. The zero-order valence-electron chi connectivity index (χ0n) is 13.9. The molecule has 0 atom stereocenters. The Hall–Kier alpha value is -2.27. The Morgan fingerprint density at radius 3 is 2.17 bits per heavy atom. The molecule has 0 aromatic heterocycles. The quantitative estimate of drug-likeness (QED) is 0.796. The predicted octanol–water partition coefficient (Wildman–Crippen LogP) is 4.38. The van der Waals surface area contributed by atoms with Crippen molar-refractivity contribution in [2.45, 2.75) is 20.3 Å². The number of benzene rings is 2. The number of hydrogen-bond acceptors (Lipinski definition) is 3. The highest BCUT2D eigenvalue weighted by Gasteiger charge is 2.09. The molecule has 23 heavy (non-hydrogen) atoms. The lowest BCUT2D eigenvalue weighted by molar-refractivity contribution is 0.355. The van der Waals surface area contributed by atoms with Crippen LogP contribution in [0.4, 0.5) is 11.4 Å². The van der Waals surface area contributed by atoms with Gasteiger partial charge in [-0.2, -0.15) is 0 Å². The second-order valence-corrected chi connectivity index (χ2v) is 5.56. The molecule has 122 valence electrons. The van der Waals surface area contributed by atoms with E-state index in [9.17, 15) is 0 Å². The number of methoxy groups -OCH3 is 2. The summed E-state index contributed by atoms with van der Waals surface area (Å²) in [6.45, 7) is 4.12. The largest absolute Gasteiger partial charge is 0.493 e. The Kier molecular flexibility index (Phi) is 5.82. The van der Waals surface area contributed by atoms with E-state index in [1.54, 1.807) is 14.2 Å². The van der Waals surface area contributed by atoms with Gasteiger partial charge in [0.2, 0.25) is 0 Å². The predicted molar refractivity (Wildman–Crippen MR) is 99.9 cm³/mol. The van der Waals surface area contributed by atoms with Crippen LogP contribution in [0.1, 0.15) is 18.1 Å². The van der Waals surface area contributed by atoms with Crippen molar-refractivity contribution in [3.63, 3.8) is 0 Å². The van der Waals surface area contributed by atoms with Crippen LogP contribution in [-0.2, 0) is 6.42 Å². The highest BCUT2D eigenvalue weighted by molar-refractivity contribution is 7.80. The maximum Gasteiger partial charge on any atom is 0.175 e. The summed E-state index contributed by atoms with van der Waals surface area (Å²) in [5.74, 6) is 1.36. The Morgan fingerprint density at radius 2 is 1.61 bits per heavy atom. The van der Waals surface area contributed by atoms with Gasteiger partial charge >= 0.3 is 0 Å². The lowest BCUT2D eigenvalue weighted by Gasteiger charge is -2.15. The van der Waals surface area contributed by atoms with Gasteiger partial charge in [0.05, 0.1) is 14.2 Å². The van der Waals surface area contributed by atoms with Gasteiger partial charge in [0, 0.05) is 17.4 Å². The fourth-order valence-corrected chi connectivity index (χ4v) is 2.45. The smallest absolute Gasteiger partial charge is 0.175 e. The van der Waals surface area contributed by atoms with Gasteiger partial charge in [-0.15, -0.1) is 0 Å². The van der Waals surface area contributed by atoms with E-state index in [1.165, 1.54) is 5.56 Å². The Bertz CT molecular complexity index is 684. The van der Waals surface area contributed by atoms with Crippen molar-refractivity contribution >= 4 is 28.7 Å². The van der Waals surface area contributed by atoms with Crippen molar-refractivity contribution in [3.8, 4) is 11.5 Å².